The molecule has 0 saturated carbocycles. The molecule has 240 valence electrons. The van der Waals surface area contributed by atoms with Crippen molar-refractivity contribution in [2.24, 2.45) is 0 Å². The Labute approximate surface area is 269 Å². The lowest BCUT2D eigenvalue weighted by atomic mass is 10.1. The summed E-state index contributed by atoms with van der Waals surface area (Å²) in [6, 6.07) is 13.7. The van der Waals surface area contributed by atoms with Crippen molar-refractivity contribution in [3.05, 3.63) is 64.7 Å². The quantitative estimate of drug-likeness (QED) is 0.0632. The highest BCUT2D eigenvalue weighted by atomic mass is 32.1. The topological polar surface area (TPSA) is 78.4 Å². The Hall–Kier alpha value is -3.06. The number of hydrogen-bond donors (Lipinski definition) is 0. The van der Waals surface area contributed by atoms with Gasteiger partial charge in [-0.1, -0.05) is 121 Å². The fourth-order valence-corrected chi connectivity index (χ4v) is 6.04. The minimum atomic E-state index is -0.456. The molecule has 0 spiro atoms. The Morgan fingerprint density at radius 2 is 1.18 bits per heavy atom. The van der Waals surface area contributed by atoms with Gasteiger partial charge < -0.3 is 9.47 Å². The highest BCUT2D eigenvalue weighted by Crippen LogP contribution is 2.26. The molecule has 0 N–H and O–H groups in total. The van der Waals surface area contributed by atoms with Crippen molar-refractivity contribution in [1.82, 2.24) is 10.2 Å². The molecular weight excluding hydrogens is 568 g/mol. The molecule has 0 radical (unpaired) electrons. The molecule has 0 amide bonds. The van der Waals surface area contributed by atoms with Crippen molar-refractivity contribution in [2.75, 3.05) is 0 Å². The van der Waals surface area contributed by atoms with Gasteiger partial charge in [0.25, 0.3) is 0 Å². The summed E-state index contributed by atoms with van der Waals surface area (Å²) in [7, 11) is 0. The van der Waals surface area contributed by atoms with Crippen LogP contribution in [0.5, 0.6) is 5.75 Å². The molecule has 1 atom stereocenters. The van der Waals surface area contributed by atoms with Gasteiger partial charge in [-0.15, -0.1) is 10.2 Å². The lowest BCUT2D eigenvalue weighted by Crippen LogP contribution is -2.15. The van der Waals surface area contributed by atoms with Crippen molar-refractivity contribution >= 4 is 23.3 Å². The number of rotatable bonds is 22. The van der Waals surface area contributed by atoms with Gasteiger partial charge >= 0.3 is 11.9 Å². The molecule has 7 heteroatoms. The van der Waals surface area contributed by atoms with Crippen molar-refractivity contribution in [3.8, 4) is 16.3 Å². The number of ether oxygens (including phenoxy) is 2. The summed E-state index contributed by atoms with van der Waals surface area (Å²) in [4.78, 5) is 25.2. The molecular formula is C37H52N2O4S. The number of hydrogen-bond acceptors (Lipinski definition) is 7. The summed E-state index contributed by atoms with van der Waals surface area (Å²) in [5, 5.41) is 10.7. The molecule has 0 fully saturated rings. The van der Waals surface area contributed by atoms with E-state index in [9.17, 15) is 9.59 Å². The average Bonchev–Trinajstić information content (AvgIpc) is 3.51. The van der Waals surface area contributed by atoms with Gasteiger partial charge in [0.1, 0.15) is 15.8 Å². The Kier molecular flexibility index (Phi) is 16.8. The normalized spacial score (nSPS) is 11.8. The monoisotopic (exact) mass is 620 g/mol. The van der Waals surface area contributed by atoms with E-state index in [0.717, 1.165) is 47.7 Å². The molecule has 2 aromatic carbocycles. The summed E-state index contributed by atoms with van der Waals surface area (Å²) in [6.45, 7) is 6.37. The van der Waals surface area contributed by atoms with Crippen LogP contribution in [0.3, 0.4) is 0 Å². The lowest BCUT2D eigenvalue weighted by Gasteiger charge is -2.13. The first-order valence-corrected chi connectivity index (χ1v) is 17.8. The van der Waals surface area contributed by atoms with Crippen LogP contribution in [-0.2, 0) is 11.2 Å². The number of unbranched alkanes of at least 4 members (excludes halogenated alkanes) is 13. The smallest absolute Gasteiger partial charge is 0.343 e. The molecule has 0 aliphatic heterocycles. The van der Waals surface area contributed by atoms with Gasteiger partial charge in [0.15, 0.2) is 0 Å². The molecule has 0 saturated heterocycles. The van der Waals surface area contributed by atoms with E-state index < -0.39 is 5.97 Å². The highest BCUT2D eigenvalue weighted by Gasteiger charge is 2.14. The fourth-order valence-electron chi connectivity index (χ4n) is 5.15. The molecule has 1 heterocycles. The maximum Gasteiger partial charge on any atom is 0.343 e. The lowest BCUT2D eigenvalue weighted by molar-refractivity contribution is 0.0319. The van der Waals surface area contributed by atoms with Gasteiger partial charge in [0.2, 0.25) is 0 Å². The van der Waals surface area contributed by atoms with Gasteiger partial charge in [0.05, 0.1) is 17.2 Å². The predicted octanol–water partition coefficient (Wildman–Crippen LogP) is 10.8. The third kappa shape index (κ3) is 13.3. The molecule has 0 unspecified atom stereocenters. The number of benzene rings is 2. The molecule has 1 aromatic heterocycles. The van der Waals surface area contributed by atoms with Crippen LogP contribution >= 0.6 is 11.3 Å². The SMILES string of the molecule is CCCCCCCCCCCCCc1nnc(-c2ccc(C(=O)Oc3ccc(C(=O)O[C@@H](C)CCCCCC)cc3)cc2)s1. The van der Waals surface area contributed by atoms with E-state index in [1.807, 2.05) is 19.1 Å². The van der Waals surface area contributed by atoms with Crippen LogP contribution in [0.1, 0.15) is 149 Å². The molecule has 0 aliphatic carbocycles. The largest absolute Gasteiger partial charge is 0.459 e. The molecule has 6 nitrogen and oxygen atoms in total. The Morgan fingerprint density at radius 1 is 0.659 bits per heavy atom. The molecule has 44 heavy (non-hydrogen) atoms. The van der Waals surface area contributed by atoms with E-state index in [-0.39, 0.29) is 12.1 Å². The first-order chi connectivity index (χ1) is 21.5. The van der Waals surface area contributed by atoms with Gasteiger partial charge in [0, 0.05) is 12.0 Å². The summed E-state index contributed by atoms with van der Waals surface area (Å²) < 4.78 is 11.1. The van der Waals surface area contributed by atoms with Gasteiger partial charge in [-0.05, 0) is 62.6 Å². The van der Waals surface area contributed by atoms with Crippen LogP contribution < -0.4 is 4.74 Å². The number of nitrogens with zero attached hydrogens (tertiary/aromatic N) is 2. The zero-order chi connectivity index (χ0) is 31.4. The minimum Gasteiger partial charge on any atom is -0.459 e. The maximum atomic E-state index is 12.7. The summed E-state index contributed by atoms with van der Waals surface area (Å²) in [5.41, 5.74) is 1.82. The van der Waals surface area contributed by atoms with E-state index in [1.165, 1.54) is 77.0 Å². The number of aryl methyl sites for hydroxylation is 1. The standard InChI is InChI=1S/C37H52N2O4S/c1-4-6-8-10-11-12-13-14-15-16-18-20-34-38-39-35(44-34)30-21-23-31(24-22-30)37(41)43-33-27-25-32(26-28-33)36(40)42-29(3)19-17-9-7-5-2/h21-29H,4-20H2,1-3H3/t29-/m0/s1. The summed E-state index contributed by atoms with van der Waals surface area (Å²) in [5.74, 6) is -0.443. The van der Waals surface area contributed by atoms with Gasteiger partial charge in [-0.3, -0.25) is 0 Å². The van der Waals surface area contributed by atoms with Crippen molar-refractivity contribution in [2.45, 2.75) is 136 Å². The first kappa shape index (κ1) is 35.4. The van der Waals surface area contributed by atoms with Crippen LogP contribution in [0.2, 0.25) is 0 Å². The maximum absolute atomic E-state index is 12.7. The zero-order valence-corrected chi connectivity index (χ0v) is 28.0. The second-order valence-corrected chi connectivity index (χ2v) is 12.9. The second-order valence-electron chi connectivity index (χ2n) is 11.8. The predicted molar refractivity (Wildman–Crippen MR) is 181 cm³/mol. The summed E-state index contributed by atoms with van der Waals surface area (Å²) in [6.07, 6.45) is 20.9. The zero-order valence-electron chi connectivity index (χ0n) is 27.2. The fraction of sp³-hybridized carbons (Fsp3) is 0.568. The van der Waals surface area contributed by atoms with E-state index in [0.29, 0.717) is 16.9 Å². The number of aromatic nitrogens is 2. The van der Waals surface area contributed by atoms with Crippen LogP contribution in [-0.4, -0.2) is 28.2 Å². The number of carbonyl (C=O) groups excluding carboxylic acids is 2. The van der Waals surface area contributed by atoms with Crippen molar-refractivity contribution in [1.29, 1.82) is 0 Å². The third-order valence-corrected chi connectivity index (χ3v) is 8.93. The molecule has 3 rings (SSSR count). The Balaban J connectivity index is 1.36. The van der Waals surface area contributed by atoms with Crippen LogP contribution in [0.15, 0.2) is 48.5 Å². The van der Waals surface area contributed by atoms with Gasteiger partial charge in [-0.2, -0.15) is 0 Å². The van der Waals surface area contributed by atoms with Crippen LogP contribution in [0.4, 0.5) is 0 Å². The van der Waals surface area contributed by atoms with Crippen LogP contribution in [0.25, 0.3) is 10.6 Å². The molecule has 0 bridgehead atoms. The Morgan fingerprint density at radius 3 is 1.80 bits per heavy atom. The van der Waals surface area contributed by atoms with Crippen molar-refractivity contribution < 1.29 is 19.1 Å². The van der Waals surface area contributed by atoms with E-state index in [2.05, 4.69) is 24.0 Å². The number of esters is 2. The highest BCUT2D eigenvalue weighted by molar-refractivity contribution is 7.14. The van der Waals surface area contributed by atoms with E-state index in [1.54, 1.807) is 47.7 Å². The molecule has 0 aliphatic rings. The average molecular weight is 621 g/mol. The van der Waals surface area contributed by atoms with Gasteiger partial charge in [-0.25, -0.2) is 9.59 Å². The van der Waals surface area contributed by atoms with E-state index in [4.69, 9.17) is 9.47 Å². The van der Waals surface area contributed by atoms with E-state index >= 15 is 0 Å². The third-order valence-electron chi connectivity index (χ3n) is 7.90. The van der Waals surface area contributed by atoms with Crippen LogP contribution in [0, 0.1) is 0 Å². The number of carbonyl (C=O) groups is 2. The second kappa shape index (κ2) is 20.8. The summed E-state index contributed by atoms with van der Waals surface area (Å²) >= 11 is 1.62. The Bertz CT molecular complexity index is 1220. The molecule has 3 aromatic rings. The van der Waals surface area contributed by atoms with Crippen molar-refractivity contribution in [3.63, 3.8) is 0 Å². The minimum absolute atomic E-state index is 0.124. The first-order valence-electron chi connectivity index (χ1n) is 17.0.